The Morgan fingerprint density at radius 2 is 2.21 bits per heavy atom. The Morgan fingerprint density at radius 3 is 2.63 bits per heavy atom. The monoisotopic (exact) mass is 274 g/mol. The van der Waals surface area contributed by atoms with E-state index >= 15 is 0 Å². The van der Waals surface area contributed by atoms with Crippen LogP contribution in [0.3, 0.4) is 0 Å². The van der Waals surface area contributed by atoms with Crippen molar-refractivity contribution in [2.45, 2.75) is 44.9 Å². The molecule has 1 aliphatic heterocycles. The Kier molecular flexibility index (Phi) is 4.57. The topological polar surface area (TPSA) is 114 Å². The van der Waals surface area contributed by atoms with Crippen molar-refractivity contribution in [3.05, 3.63) is 0 Å². The number of aliphatic carboxylic acids is 1. The number of nitrogens with one attached hydrogen (secondary N) is 2. The molecule has 0 aromatic rings. The molecule has 0 radical (unpaired) electrons. The minimum atomic E-state index is -1.21. The van der Waals surface area contributed by atoms with Gasteiger partial charge in [0.2, 0.25) is 0 Å². The van der Waals surface area contributed by atoms with Crippen LogP contribution in [0.15, 0.2) is 0 Å². The Labute approximate surface area is 110 Å². The van der Waals surface area contributed by atoms with Gasteiger partial charge in [-0.15, -0.1) is 0 Å². The first-order chi connectivity index (χ1) is 8.67. The molecule has 1 saturated heterocycles. The van der Waals surface area contributed by atoms with Gasteiger partial charge in [-0.2, -0.15) is 0 Å². The molecule has 8 nitrogen and oxygen atoms in total. The fraction of sp³-hybridized carbons (Fsp3) is 0.727. The molecule has 0 bridgehead atoms. The second-order valence-corrected chi connectivity index (χ2v) is 5.18. The summed E-state index contributed by atoms with van der Waals surface area (Å²) in [4.78, 5) is 33.4. The third-order valence-electron chi connectivity index (χ3n) is 2.24. The molecular formula is C11H18N2O6. The standard InChI is InChI=1S/C11H18N2O6/c1-11(2,3)19-10(17)13-7(8(14)15)4-6-5-12-9(16)18-6/h6-7H,4-5H2,1-3H3,(H,12,16)(H,13,17)(H,14,15)/t6-,7-/m0/s1. The number of hydrogen-bond donors (Lipinski definition) is 3. The summed E-state index contributed by atoms with van der Waals surface area (Å²) in [7, 11) is 0. The molecule has 2 amide bonds. The van der Waals surface area contributed by atoms with E-state index in [1.807, 2.05) is 0 Å². The van der Waals surface area contributed by atoms with E-state index < -0.39 is 35.9 Å². The number of cyclic esters (lactones) is 1. The van der Waals surface area contributed by atoms with Crippen molar-refractivity contribution in [2.75, 3.05) is 6.54 Å². The van der Waals surface area contributed by atoms with Crippen molar-refractivity contribution in [3.63, 3.8) is 0 Å². The van der Waals surface area contributed by atoms with Crippen molar-refractivity contribution in [1.29, 1.82) is 0 Å². The summed E-state index contributed by atoms with van der Waals surface area (Å²) >= 11 is 0. The first-order valence-electron chi connectivity index (χ1n) is 5.84. The Bertz CT molecular complexity index is 376. The van der Waals surface area contributed by atoms with E-state index in [0.29, 0.717) is 0 Å². The molecule has 1 heterocycles. The summed E-state index contributed by atoms with van der Waals surface area (Å²) in [6, 6.07) is -1.17. The minimum absolute atomic E-state index is 0.0205. The largest absolute Gasteiger partial charge is 0.480 e. The van der Waals surface area contributed by atoms with Crippen LogP contribution < -0.4 is 10.6 Å². The molecule has 1 rings (SSSR count). The van der Waals surface area contributed by atoms with Crippen LogP contribution in [0.2, 0.25) is 0 Å². The van der Waals surface area contributed by atoms with E-state index in [1.54, 1.807) is 20.8 Å². The van der Waals surface area contributed by atoms with Crippen molar-refractivity contribution in [3.8, 4) is 0 Å². The van der Waals surface area contributed by atoms with Gasteiger partial charge in [0.1, 0.15) is 17.7 Å². The summed E-state index contributed by atoms with van der Waals surface area (Å²) in [5.41, 5.74) is -0.714. The molecule has 0 saturated carbocycles. The maximum atomic E-state index is 11.5. The van der Waals surface area contributed by atoms with Gasteiger partial charge in [0.25, 0.3) is 0 Å². The number of hydrogen-bond acceptors (Lipinski definition) is 5. The van der Waals surface area contributed by atoms with Gasteiger partial charge in [-0.25, -0.2) is 14.4 Å². The predicted octanol–water partition coefficient (Wildman–Crippen LogP) is 0.463. The average molecular weight is 274 g/mol. The summed E-state index contributed by atoms with van der Waals surface area (Å²) in [5, 5.41) is 13.7. The molecular weight excluding hydrogens is 256 g/mol. The summed E-state index contributed by atoms with van der Waals surface area (Å²) in [5.74, 6) is -1.21. The quantitative estimate of drug-likeness (QED) is 0.686. The number of carbonyl (C=O) groups is 3. The van der Waals surface area contributed by atoms with Crippen LogP contribution in [0, 0.1) is 0 Å². The summed E-state index contributed by atoms with van der Waals surface area (Å²) in [6.07, 6.45) is -2.01. The van der Waals surface area contributed by atoms with Crippen LogP contribution in [0.25, 0.3) is 0 Å². The zero-order valence-electron chi connectivity index (χ0n) is 11.1. The van der Waals surface area contributed by atoms with E-state index in [0.717, 1.165) is 0 Å². The summed E-state index contributed by atoms with van der Waals surface area (Å²) < 4.78 is 9.79. The van der Waals surface area contributed by atoms with Gasteiger partial charge in [-0.3, -0.25) is 0 Å². The molecule has 1 fully saturated rings. The fourth-order valence-corrected chi connectivity index (χ4v) is 1.50. The van der Waals surface area contributed by atoms with Crippen molar-refractivity contribution in [2.24, 2.45) is 0 Å². The SMILES string of the molecule is CC(C)(C)OC(=O)N[C@@H](C[C@H]1CNC(=O)O1)C(=O)O. The van der Waals surface area contributed by atoms with Crippen molar-refractivity contribution in [1.82, 2.24) is 10.6 Å². The molecule has 8 heteroatoms. The van der Waals surface area contributed by atoms with Gasteiger partial charge in [0.05, 0.1) is 6.54 Å². The van der Waals surface area contributed by atoms with Gasteiger partial charge < -0.3 is 25.2 Å². The lowest BCUT2D eigenvalue weighted by Gasteiger charge is -2.22. The number of ether oxygens (including phenoxy) is 2. The smallest absolute Gasteiger partial charge is 0.408 e. The molecule has 0 aromatic heterocycles. The maximum Gasteiger partial charge on any atom is 0.408 e. The average Bonchev–Trinajstić information content (AvgIpc) is 2.60. The highest BCUT2D eigenvalue weighted by Gasteiger charge is 2.31. The highest BCUT2D eigenvalue weighted by atomic mass is 16.6. The van der Waals surface area contributed by atoms with Gasteiger partial charge in [0.15, 0.2) is 0 Å². The van der Waals surface area contributed by atoms with E-state index in [1.165, 1.54) is 0 Å². The van der Waals surface area contributed by atoms with Gasteiger partial charge in [0, 0.05) is 6.42 Å². The van der Waals surface area contributed by atoms with E-state index in [9.17, 15) is 14.4 Å². The summed E-state index contributed by atoms with van der Waals surface area (Å²) in [6.45, 7) is 5.24. The molecule has 2 atom stereocenters. The second kappa shape index (κ2) is 5.77. The lowest BCUT2D eigenvalue weighted by Crippen LogP contribution is -2.45. The third-order valence-corrected chi connectivity index (χ3v) is 2.24. The molecule has 108 valence electrons. The Morgan fingerprint density at radius 1 is 1.58 bits per heavy atom. The fourth-order valence-electron chi connectivity index (χ4n) is 1.50. The number of carboxylic acids is 1. The molecule has 0 aromatic carbocycles. The van der Waals surface area contributed by atoms with Crippen LogP contribution >= 0.6 is 0 Å². The lowest BCUT2D eigenvalue weighted by molar-refractivity contribution is -0.140. The Balaban J connectivity index is 2.51. The maximum absolute atomic E-state index is 11.5. The van der Waals surface area contributed by atoms with Gasteiger partial charge in [-0.1, -0.05) is 0 Å². The molecule has 1 aliphatic rings. The molecule has 19 heavy (non-hydrogen) atoms. The van der Waals surface area contributed by atoms with Gasteiger partial charge >= 0.3 is 18.2 Å². The van der Waals surface area contributed by atoms with Crippen molar-refractivity contribution < 1.29 is 29.0 Å². The highest BCUT2D eigenvalue weighted by Crippen LogP contribution is 2.10. The molecule has 0 aliphatic carbocycles. The zero-order valence-corrected chi connectivity index (χ0v) is 11.1. The second-order valence-electron chi connectivity index (χ2n) is 5.18. The van der Waals surface area contributed by atoms with Gasteiger partial charge in [-0.05, 0) is 20.8 Å². The predicted molar refractivity (Wildman–Crippen MR) is 63.7 cm³/mol. The number of carbonyl (C=O) groups excluding carboxylic acids is 2. The van der Waals surface area contributed by atoms with Crippen molar-refractivity contribution >= 4 is 18.2 Å². The van der Waals surface area contributed by atoms with E-state index in [-0.39, 0.29) is 13.0 Å². The van der Waals surface area contributed by atoms with E-state index in [2.05, 4.69) is 10.6 Å². The number of rotatable bonds is 4. The Hall–Kier alpha value is -1.99. The first-order valence-corrected chi connectivity index (χ1v) is 5.84. The number of amides is 2. The van der Waals surface area contributed by atoms with Crippen LogP contribution in [-0.4, -0.2) is 47.6 Å². The number of alkyl carbamates (subject to hydrolysis) is 2. The normalized spacial score (nSPS) is 20.2. The van der Waals surface area contributed by atoms with Crippen LogP contribution in [-0.2, 0) is 14.3 Å². The lowest BCUT2D eigenvalue weighted by atomic mass is 10.1. The minimum Gasteiger partial charge on any atom is -0.480 e. The molecule has 0 unspecified atom stereocenters. The van der Waals surface area contributed by atoms with E-state index in [4.69, 9.17) is 14.6 Å². The van der Waals surface area contributed by atoms with Crippen LogP contribution in [0.4, 0.5) is 9.59 Å². The zero-order chi connectivity index (χ0) is 14.6. The van der Waals surface area contributed by atoms with Crippen LogP contribution in [0.1, 0.15) is 27.2 Å². The third kappa shape index (κ3) is 5.45. The highest BCUT2D eigenvalue weighted by molar-refractivity contribution is 5.80. The first kappa shape index (κ1) is 15.1. The molecule has 0 spiro atoms. The van der Waals surface area contributed by atoms with Crippen LogP contribution in [0.5, 0.6) is 0 Å². The molecule has 3 N–H and O–H groups in total. The number of carboxylic acid groups (broad SMARTS) is 1.